The second-order valence-corrected chi connectivity index (χ2v) is 7.00. The van der Waals surface area contributed by atoms with Crippen molar-refractivity contribution in [3.63, 3.8) is 0 Å². The van der Waals surface area contributed by atoms with Gasteiger partial charge in [0, 0.05) is 5.69 Å². The molecule has 0 heterocycles. The number of hydrogen-bond donors (Lipinski definition) is 1. The molecule has 3 heteroatoms. The summed E-state index contributed by atoms with van der Waals surface area (Å²) in [5.41, 5.74) is 4.49. The van der Waals surface area contributed by atoms with Crippen molar-refractivity contribution in [2.24, 2.45) is 0 Å². The molecule has 0 aliphatic heterocycles. The van der Waals surface area contributed by atoms with Crippen LogP contribution in [0.3, 0.4) is 0 Å². The first-order chi connectivity index (χ1) is 10.6. The van der Waals surface area contributed by atoms with E-state index in [2.05, 4.69) is 35.6 Å². The Bertz CT molecular complexity index is 625. The monoisotopic (exact) mass is 313 g/mol. The highest BCUT2D eigenvalue weighted by Gasteiger charge is 2.14. The van der Waals surface area contributed by atoms with Crippen molar-refractivity contribution in [2.45, 2.75) is 32.4 Å². The number of nitrogens with one attached hydrogen (secondary N) is 1. The third-order valence-electron chi connectivity index (χ3n) is 3.62. The van der Waals surface area contributed by atoms with E-state index in [1.807, 2.05) is 39.0 Å². The summed E-state index contributed by atoms with van der Waals surface area (Å²) in [6.07, 6.45) is 0.993. The zero-order valence-corrected chi connectivity index (χ0v) is 14.2. The molecule has 2 aromatic rings. The van der Waals surface area contributed by atoms with Gasteiger partial charge >= 0.3 is 0 Å². The summed E-state index contributed by atoms with van der Waals surface area (Å²) >= 11 is 1.70. The predicted molar refractivity (Wildman–Crippen MR) is 96.6 cm³/mol. The maximum absolute atomic E-state index is 12.3. The van der Waals surface area contributed by atoms with E-state index in [4.69, 9.17) is 0 Å². The number of rotatable bonds is 6. The van der Waals surface area contributed by atoms with Crippen molar-refractivity contribution >= 4 is 23.4 Å². The van der Waals surface area contributed by atoms with E-state index in [9.17, 15) is 4.79 Å². The molecule has 2 aromatic carbocycles. The van der Waals surface area contributed by atoms with Crippen LogP contribution in [0.4, 0.5) is 5.69 Å². The van der Waals surface area contributed by atoms with Crippen LogP contribution in [0.15, 0.2) is 48.5 Å². The fourth-order valence-electron chi connectivity index (χ4n) is 2.18. The van der Waals surface area contributed by atoms with Crippen LogP contribution in [0.2, 0.25) is 0 Å². The van der Waals surface area contributed by atoms with E-state index < -0.39 is 0 Å². The lowest BCUT2D eigenvalue weighted by atomic mass is 10.1. The van der Waals surface area contributed by atoms with Gasteiger partial charge in [-0.25, -0.2) is 0 Å². The van der Waals surface area contributed by atoms with E-state index in [1.54, 1.807) is 11.8 Å². The minimum Gasteiger partial charge on any atom is -0.325 e. The Kier molecular flexibility index (Phi) is 6.08. The minimum absolute atomic E-state index is 0.0522. The molecular weight excluding hydrogens is 290 g/mol. The summed E-state index contributed by atoms with van der Waals surface area (Å²) in [5.74, 6) is 1.03. The molecule has 22 heavy (non-hydrogen) atoms. The number of hydrogen-bond acceptors (Lipinski definition) is 2. The molecule has 1 atom stereocenters. The number of thioether (sulfide) groups is 1. The highest BCUT2D eigenvalue weighted by Crippen LogP contribution is 2.19. The van der Waals surface area contributed by atoms with Gasteiger partial charge in [-0.05, 0) is 55.7 Å². The lowest BCUT2D eigenvalue weighted by molar-refractivity contribution is -0.115. The van der Waals surface area contributed by atoms with E-state index in [0.717, 1.165) is 29.0 Å². The second kappa shape index (κ2) is 8.04. The third-order valence-corrected chi connectivity index (χ3v) is 4.78. The van der Waals surface area contributed by atoms with Crippen molar-refractivity contribution in [3.8, 4) is 0 Å². The summed E-state index contributed by atoms with van der Waals surface area (Å²) in [5, 5.41) is 2.99. The molecule has 0 radical (unpaired) electrons. The van der Waals surface area contributed by atoms with Crippen LogP contribution in [0.25, 0.3) is 0 Å². The number of amides is 1. The molecule has 1 N–H and O–H groups in total. The average molecular weight is 313 g/mol. The van der Waals surface area contributed by atoms with Crippen molar-refractivity contribution in [2.75, 3.05) is 11.1 Å². The Morgan fingerprint density at radius 2 is 1.86 bits per heavy atom. The molecule has 1 unspecified atom stereocenters. The van der Waals surface area contributed by atoms with Crippen LogP contribution in [0.5, 0.6) is 0 Å². The Balaban J connectivity index is 1.83. The molecule has 0 aliphatic rings. The standard InChI is InChI=1S/C19H23NOS/c1-14-9-10-15(2)18(13-14)20-19(21)16(3)22-12-11-17-7-5-4-6-8-17/h4-10,13,16H,11-12H2,1-3H3,(H,20,21). The maximum Gasteiger partial charge on any atom is 0.237 e. The number of aryl methyl sites for hydroxylation is 3. The summed E-state index contributed by atoms with van der Waals surface area (Å²) in [6.45, 7) is 6.02. The first-order valence-corrected chi connectivity index (χ1v) is 8.65. The average Bonchev–Trinajstić information content (AvgIpc) is 2.52. The van der Waals surface area contributed by atoms with Gasteiger partial charge < -0.3 is 5.32 Å². The maximum atomic E-state index is 12.3. The largest absolute Gasteiger partial charge is 0.325 e. The van der Waals surface area contributed by atoms with E-state index >= 15 is 0 Å². The normalized spacial score (nSPS) is 12.0. The van der Waals surface area contributed by atoms with Crippen molar-refractivity contribution < 1.29 is 4.79 Å². The summed E-state index contributed by atoms with van der Waals surface area (Å²) in [6, 6.07) is 16.5. The molecule has 1 amide bonds. The lowest BCUT2D eigenvalue weighted by Crippen LogP contribution is -2.23. The third kappa shape index (κ3) is 4.92. The molecule has 2 nitrogen and oxygen atoms in total. The Hall–Kier alpha value is -1.74. The molecular formula is C19H23NOS. The van der Waals surface area contributed by atoms with Gasteiger partial charge in [-0.1, -0.05) is 42.5 Å². The lowest BCUT2D eigenvalue weighted by Gasteiger charge is -2.14. The molecule has 0 saturated carbocycles. The first kappa shape index (κ1) is 16.6. The zero-order chi connectivity index (χ0) is 15.9. The van der Waals surface area contributed by atoms with Crippen LogP contribution >= 0.6 is 11.8 Å². The Labute approximate surface area is 137 Å². The fraction of sp³-hybridized carbons (Fsp3) is 0.316. The number of anilines is 1. The Morgan fingerprint density at radius 1 is 1.14 bits per heavy atom. The molecule has 0 bridgehead atoms. The molecule has 0 saturated heterocycles. The van der Waals surface area contributed by atoms with Crippen LogP contribution in [-0.2, 0) is 11.2 Å². The SMILES string of the molecule is Cc1ccc(C)c(NC(=O)C(C)SCCc2ccccc2)c1. The van der Waals surface area contributed by atoms with Gasteiger partial charge in [-0.2, -0.15) is 0 Å². The number of benzene rings is 2. The van der Waals surface area contributed by atoms with Crippen LogP contribution in [-0.4, -0.2) is 16.9 Å². The van der Waals surface area contributed by atoms with E-state index in [0.29, 0.717) is 0 Å². The van der Waals surface area contributed by atoms with Gasteiger partial charge in [0.2, 0.25) is 5.91 Å². The highest BCUT2D eigenvalue weighted by atomic mass is 32.2. The van der Waals surface area contributed by atoms with Gasteiger partial charge in [0.05, 0.1) is 5.25 Å². The van der Waals surface area contributed by atoms with Gasteiger partial charge in [0.15, 0.2) is 0 Å². The van der Waals surface area contributed by atoms with Crippen LogP contribution < -0.4 is 5.32 Å². The first-order valence-electron chi connectivity index (χ1n) is 7.60. The predicted octanol–water partition coefficient (Wildman–Crippen LogP) is 4.61. The minimum atomic E-state index is -0.0522. The smallest absolute Gasteiger partial charge is 0.237 e. The summed E-state index contributed by atoms with van der Waals surface area (Å²) < 4.78 is 0. The zero-order valence-electron chi connectivity index (χ0n) is 13.4. The van der Waals surface area contributed by atoms with Crippen molar-refractivity contribution in [1.82, 2.24) is 0 Å². The molecule has 2 rings (SSSR count). The molecule has 0 aromatic heterocycles. The Morgan fingerprint density at radius 3 is 2.59 bits per heavy atom. The van der Waals surface area contributed by atoms with Crippen LogP contribution in [0, 0.1) is 13.8 Å². The number of carbonyl (C=O) groups excluding carboxylic acids is 1. The molecule has 0 aliphatic carbocycles. The number of carbonyl (C=O) groups is 1. The summed E-state index contributed by atoms with van der Waals surface area (Å²) in [4.78, 5) is 12.3. The van der Waals surface area contributed by atoms with Crippen LogP contribution in [0.1, 0.15) is 23.6 Å². The topological polar surface area (TPSA) is 29.1 Å². The van der Waals surface area contributed by atoms with Gasteiger partial charge in [0.25, 0.3) is 0 Å². The highest BCUT2D eigenvalue weighted by molar-refractivity contribution is 8.00. The van der Waals surface area contributed by atoms with Gasteiger partial charge in [-0.15, -0.1) is 11.8 Å². The van der Waals surface area contributed by atoms with Crippen molar-refractivity contribution in [3.05, 3.63) is 65.2 Å². The quantitative estimate of drug-likeness (QED) is 0.844. The van der Waals surface area contributed by atoms with E-state index in [1.165, 1.54) is 5.56 Å². The van der Waals surface area contributed by atoms with E-state index in [-0.39, 0.29) is 11.2 Å². The van der Waals surface area contributed by atoms with Crippen molar-refractivity contribution in [1.29, 1.82) is 0 Å². The van der Waals surface area contributed by atoms with Gasteiger partial charge in [-0.3, -0.25) is 4.79 Å². The summed E-state index contributed by atoms with van der Waals surface area (Å²) in [7, 11) is 0. The molecule has 0 spiro atoms. The molecule has 116 valence electrons. The van der Waals surface area contributed by atoms with Gasteiger partial charge in [0.1, 0.15) is 0 Å². The molecule has 0 fully saturated rings. The fourth-order valence-corrected chi connectivity index (χ4v) is 3.10. The second-order valence-electron chi connectivity index (χ2n) is 5.56.